The number of aliphatic hydroxyl groups excluding tert-OH is 1. The number of para-hydroxylation sites is 1. The van der Waals surface area contributed by atoms with Crippen LogP contribution in [-0.4, -0.2) is 35.4 Å². The highest BCUT2D eigenvalue weighted by Crippen LogP contribution is 2.33. The first kappa shape index (κ1) is 13.8. The zero-order chi connectivity index (χ0) is 13.8. The van der Waals surface area contributed by atoms with E-state index in [0.717, 1.165) is 19.3 Å². The first-order valence-corrected chi connectivity index (χ1v) is 6.54. The van der Waals surface area contributed by atoms with E-state index in [2.05, 4.69) is 0 Å². The summed E-state index contributed by atoms with van der Waals surface area (Å²) in [6, 6.07) is 4.26. The number of benzene rings is 1. The number of halogens is 1. The molecular weight excluding hydrogens is 249 g/mol. The zero-order valence-corrected chi connectivity index (χ0v) is 10.7. The van der Waals surface area contributed by atoms with Crippen LogP contribution in [0.15, 0.2) is 18.2 Å². The third kappa shape index (κ3) is 2.87. The Hall–Kier alpha value is -1.62. The molecule has 104 valence electrons. The molecule has 0 saturated carbocycles. The van der Waals surface area contributed by atoms with Crippen molar-refractivity contribution in [3.8, 4) is 0 Å². The van der Waals surface area contributed by atoms with Gasteiger partial charge < -0.3 is 15.1 Å². The molecular formula is C14H18FNO3. The van der Waals surface area contributed by atoms with Gasteiger partial charge in [-0.05, 0) is 37.8 Å². The van der Waals surface area contributed by atoms with Crippen LogP contribution in [0.25, 0.3) is 0 Å². The van der Waals surface area contributed by atoms with Crippen LogP contribution in [0.4, 0.5) is 10.1 Å². The lowest BCUT2D eigenvalue weighted by molar-refractivity contribution is 0.0697. The third-order valence-corrected chi connectivity index (χ3v) is 3.58. The SMILES string of the molecule is O=C(O)c1cccc(F)c1N1CCCC1CCCO. The monoisotopic (exact) mass is 267 g/mol. The van der Waals surface area contributed by atoms with Crippen LogP contribution in [0.5, 0.6) is 0 Å². The summed E-state index contributed by atoms with van der Waals surface area (Å²) in [7, 11) is 0. The zero-order valence-electron chi connectivity index (χ0n) is 10.7. The van der Waals surface area contributed by atoms with Gasteiger partial charge in [0.1, 0.15) is 5.82 Å². The summed E-state index contributed by atoms with van der Waals surface area (Å²) >= 11 is 0. The summed E-state index contributed by atoms with van der Waals surface area (Å²) in [5.74, 6) is -1.60. The van der Waals surface area contributed by atoms with Crippen molar-refractivity contribution in [3.05, 3.63) is 29.6 Å². The molecule has 2 rings (SSSR count). The van der Waals surface area contributed by atoms with Crippen molar-refractivity contribution in [3.63, 3.8) is 0 Å². The molecule has 19 heavy (non-hydrogen) atoms. The van der Waals surface area contributed by atoms with Crippen molar-refractivity contribution in [2.75, 3.05) is 18.1 Å². The van der Waals surface area contributed by atoms with Gasteiger partial charge in [0.2, 0.25) is 0 Å². The van der Waals surface area contributed by atoms with Gasteiger partial charge in [-0.1, -0.05) is 6.07 Å². The minimum atomic E-state index is -1.11. The fraction of sp³-hybridized carbons (Fsp3) is 0.500. The molecule has 1 heterocycles. The van der Waals surface area contributed by atoms with E-state index in [4.69, 9.17) is 5.11 Å². The molecule has 1 aliphatic heterocycles. The van der Waals surface area contributed by atoms with Gasteiger partial charge in [0.25, 0.3) is 0 Å². The highest BCUT2D eigenvalue weighted by molar-refractivity contribution is 5.94. The van der Waals surface area contributed by atoms with E-state index in [1.807, 2.05) is 4.90 Å². The maximum absolute atomic E-state index is 14.0. The molecule has 1 aromatic carbocycles. The average Bonchev–Trinajstić information content (AvgIpc) is 2.83. The number of carbonyl (C=O) groups is 1. The maximum atomic E-state index is 14.0. The van der Waals surface area contributed by atoms with Crippen molar-refractivity contribution in [2.24, 2.45) is 0 Å². The highest BCUT2D eigenvalue weighted by Gasteiger charge is 2.29. The summed E-state index contributed by atoms with van der Waals surface area (Å²) in [6.07, 6.45) is 3.23. The second-order valence-electron chi connectivity index (χ2n) is 4.80. The van der Waals surface area contributed by atoms with Gasteiger partial charge in [-0.15, -0.1) is 0 Å². The number of anilines is 1. The summed E-state index contributed by atoms with van der Waals surface area (Å²) in [5, 5.41) is 18.1. The molecule has 0 radical (unpaired) electrons. The van der Waals surface area contributed by atoms with E-state index in [1.54, 1.807) is 0 Å². The van der Waals surface area contributed by atoms with E-state index in [0.29, 0.717) is 13.0 Å². The normalized spacial score (nSPS) is 18.8. The standard InChI is InChI=1S/C14H18FNO3/c15-12-7-1-6-11(14(18)19)13(12)16-8-2-4-10(16)5-3-9-17/h1,6-7,10,17H,2-5,8-9H2,(H,18,19). The van der Waals surface area contributed by atoms with Crippen LogP contribution in [0.3, 0.4) is 0 Å². The molecule has 0 bridgehead atoms. The largest absolute Gasteiger partial charge is 0.478 e. The van der Waals surface area contributed by atoms with E-state index < -0.39 is 11.8 Å². The van der Waals surface area contributed by atoms with Crippen molar-refractivity contribution < 1.29 is 19.4 Å². The molecule has 0 spiro atoms. The van der Waals surface area contributed by atoms with Gasteiger partial charge in [0.05, 0.1) is 11.3 Å². The number of carboxylic acid groups (broad SMARTS) is 1. The summed E-state index contributed by atoms with van der Waals surface area (Å²) < 4.78 is 14.0. The van der Waals surface area contributed by atoms with Crippen LogP contribution < -0.4 is 4.90 Å². The van der Waals surface area contributed by atoms with Crippen LogP contribution in [-0.2, 0) is 0 Å². The van der Waals surface area contributed by atoms with Gasteiger partial charge >= 0.3 is 5.97 Å². The first-order valence-electron chi connectivity index (χ1n) is 6.54. The van der Waals surface area contributed by atoms with Crippen LogP contribution >= 0.6 is 0 Å². The molecule has 1 aromatic rings. The Labute approximate surface area is 111 Å². The fourth-order valence-corrected chi connectivity index (χ4v) is 2.74. The predicted molar refractivity (Wildman–Crippen MR) is 70.0 cm³/mol. The quantitative estimate of drug-likeness (QED) is 0.859. The maximum Gasteiger partial charge on any atom is 0.337 e. The van der Waals surface area contributed by atoms with Crippen molar-refractivity contribution >= 4 is 11.7 Å². The summed E-state index contributed by atoms with van der Waals surface area (Å²) in [5.41, 5.74) is 0.200. The minimum absolute atomic E-state index is 0.0101. The van der Waals surface area contributed by atoms with Gasteiger partial charge in [-0.25, -0.2) is 9.18 Å². The minimum Gasteiger partial charge on any atom is -0.478 e. The van der Waals surface area contributed by atoms with Crippen LogP contribution in [0.1, 0.15) is 36.0 Å². The molecule has 0 aliphatic carbocycles. The van der Waals surface area contributed by atoms with Crippen LogP contribution in [0, 0.1) is 5.82 Å². The smallest absolute Gasteiger partial charge is 0.337 e. The number of nitrogens with zero attached hydrogens (tertiary/aromatic N) is 1. The number of aromatic carboxylic acids is 1. The fourth-order valence-electron chi connectivity index (χ4n) is 2.74. The summed E-state index contributed by atoms with van der Waals surface area (Å²) in [6.45, 7) is 0.769. The Balaban J connectivity index is 2.32. The molecule has 5 heteroatoms. The van der Waals surface area contributed by atoms with E-state index >= 15 is 0 Å². The van der Waals surface area contributed by atoms with E-state index in [1.165, 1.54) is 18.2 Å². The molecule has 0 amide bonds. The van der Waals surface area contributed by atoms with E-state index in [-0.39, 0.29) is 23.9 Å². The van der Waals surface area contributed by atoms with Gasteiger partial charge in [-0.2, -0.15) is 0 Å². The first-order chi connectivity index (χ1) is 9.15. The van der Waals surface area contributed by atoms with Gasteiger partial charge in [0, 0.05) is 19.2 Å². The Morgan fingerprint density at radius 1 is 1.47 bits per heavy atom. The molecule has 1 unspecified atom stereocenters. The Morgan fingerprint density at radius 3 is 2.95 bits per heavy atom. The molecule has 4 nitrogen and oxygen atoms in total. The van der Waals surface area contributed by atoms with Crippen molar-refractivity contribution in [2.45, 2.75) is 31.7 Å². The topological polar surface area (TPSA) is 60.8 Å². The lowest BCUT2D eigenvalue weighted by Gasteiger charge is -2.28. The Morgan fingerprint density at radius 2 is 2.26 bits per heavy atom. The van der Waals surface area contributed by atoms with E-state index in [9.17, 15) is 14.3 Å². The second-order valence-corrected chi connectivity index (χ2v) is 4.80. The van der Waals surface area contributed by atoms with Gasteiger partial charge in [0.15, 0.2) is 0 Å². The number of hydrogen-bond donors (Lipinski definition) is 2. The summed E-state index contributed by atoms with van der Waals surface area (Å²) in [4.78, 5) is 13.1. The van der Waals surface area contributed by atoms with Crippen molar-refractivity contribution in [1.29, 1.82) is 0 Å². The molecule has 1 saturated heterocycles. The lowest BCUT2D eigenvalue weighted by atomic mass is 10.1. The molecule has 0 aromatic heterocycles. The number of aliphatic hydroxyl groups is 1. The molecule has 2 N–H and O–H groups in total. The Bertz CT molecular complexity index is 464. The number of hydrogen-bond acceptors (Lipinski definition) is 3. The van der Waals surface area contributed by atoms with Gasteiger partial charge in [-0.3, -0.25) is 0 Å². The lowest BCUT2D eigenvalue weighted by Crippen LogP contribution is -2.31. The molecule has 1 aliphatic rings. The average molecular weight is 267 g/mol. The third-order valence-electron chi connectivity index (χ3n) is 3.58. The molecule has 1 fully saturated rings. The van der Waals surface area contributed by atoms with Crippen LogP contribution in [0.2, 0.25) is 0 Å². The van der Waals surface area contributed by atoms with Crippen molar-refractivity contribution in [1.82, 2.24) is 0 Å². The number of carboxylic acids is 1. The highest BCUT2D eigenvalue weighted by atomic mass is 19.1. The second kappa shape index (κ2) is 6.02. The predicted octanol–water partition coefficient (Wildman–Crippen LogP) is 2.27. The Kier molecular flexibility index (Phi) is 4.37. The molecule has 1 atom stereocenters. The number of rotatable bonds is 5.